The molecule has 0 unspecified atom stereocenters. The summed E-state index contributed by atoms with van der Waals surface area (Å²) in [5.74, 6) is -1.20. The number of benzene rings is 2. The van der Waals surface area contributed by atoms with Gasteiger partial charge in [-0.3, -0.25) is 0 Å². The van der Waals surface area contributed by atoms with Gasteiger partial charge in [-0.05, 0) is 46.3 Å². The predicted octanol–water partition coefficient (Wildman–Crippen LogP) is 4.21. The summed E-state index contributed by atoms with van der Waals surface area (Å²) in [6.07, 6.45) is 0. The number of nitrogens with one attached hydrogen (secondary N) is 1. The summed E-state index contributed by atoms with van der Waals surface area (Å²) in [5.41, 5.74) is 0.584. The molecule has 0 saturated carbocycles. The molecule has 3 nitrogen and oxygen atoms in total. The summed E-state index contributed by atoms with van der Waals surface area (Å²) in [6, 6.07) is 10.0. The monoisotopic (exact) mass is 333 g/mol. The van der Waals surface area contributed by atoms with Crippen LogP contribution in [0, 0.1) is 34.3 Å². The zero-order chi connectivity index (χ0) is 14.7. The molecule has 0 bridgehead atoms. The number of hydrogen-bond donors (Lipinski definition) is 1. The largest absolute Gasteiger partial charge is 0.352 e. The Hall–Kier alpha value is -2.44. The van der Waals surface area contributed by atoms with Crippen molar-refractivity contribution in [1.29, 1.82) is 10.5 Å². The van der Waals surface area contributed by atoms with Gasteiger partial charge in [0.25, 0.3) is 0 Å². The third-order valence-corrected chi connectivity index (χ3v) is 3.35. The standard InChI is InChI=1S/C14H6BrF2N3/c15-13-8(6-18)1-3-12(14(13)17)20-11-4-2-10(16)5-9(11)7-19/h1-5,20H. The fraction of sp³-hybridized carbons (Fsp3) is 0. The Morgan fingerprint density at radius 2 is 1.60 bits per heavy atom. The van der Waals surface area contributed by atoms with E-state index in [0.717, 1.165) is 6.07 Å². The first-order chi connectivity index (χ1) is 9.56. The summed E-state index contributed by atoms with van der Waals surface area (Å²) in [7, 11) is 0. The van der Waals surface area contributed by atoms with Crippen LogP contribution in [0.4, 0.5) is 20.2 Å². The van der Waals surface area contributed by atoms with Crippen LogP contribution in [0.2, 0.25) is 0 Å². The van der Waals surface area contributed by atoms with Crippen LogP contribution in [0.1, 0.15) is 11.1 Å². The molecule has 6 heteroatoms. The zero-order valence-corrected chi connectivity index (χ0v) is 11.5. The number of hydrogen-bond acceptors (Lipinski definition) is 3. The second-order valence-corrected chi connectivity index (χ2v) is 4.62. The Balaban J connectivity index is 2.44. The van der Waals surface area contributed by atoms with Crippen molar-refractivity contribution < 1.29 is 8.78 Å². The quantitative estimate of drug-likeness (QED) is 0.895. The molecule has 98 valence electrons. The van der Waals surface area contributed by atoms with E-state index >= 15 is 0 Å². The highest BCUT2D eigenvalue weighted by molar-refractivity contribution is 9.10. The third kappa shape index (κ3) is 2.61. The number of nitriles is 2. The smallest absolute Gasteiger partial charge is 0.162 e. The Morgan fingerprint density at radius 1 is 0.950 bits per heavy atom. The molecule has 0 atom stereocenters. The molecule has 2 rings (SSSR count). The van der Waals surface area contributed by atoms with Gasteiger partial charge in [-0.15, -0.1) is 0 Å². The van der Waals surface area contributed by atoms with Crippen molar-refractivity contribution in [3.63, 3.8) is 0 Å². The molecule has 0 aliphatic heterocycles. The van der Waals surface area contributed by atoms with Crippen molar-refractivity contribution in [3.05, 3.63) is 57.6 Å². The van der Waals surface area contributed by atoms with E-state index in [1.807, 2.05) is 12.1 Å². The maximum Gasteiger partial charge on any atom is 0.162 e. The summed E-state index contributed by atoms with van der Waals surface area (Å²) in [6.45, 7) is 0. The molecule has 0 fully saturated rings. The van der Waals surface area contributed by atoms with Crippen molar-refractivity contribution in [2.45, 2.75) is 0 Å². The summed E-state index contributed by atoms with van der Waals surface area (Å²) >= 11 is 2.99. The Morgan fingerprint density at radius 3 is 2.25 bits per heavy atom. The van der Waals surface area contributed by atoms with Crippen LogP contribution < -0.4 is 5.32 Å². The third-order valence-electron chi connectivity index (χ3n) is 2.57. The van der Waals surface area contributed by atoms with Crippen LogP contribution in [0.15, 0.2) is 34.8 Å². The summed E-state index contributed by atoms with van der Waals surface area (Å²) in [5, 5.41) is 20.4. The van der Waals surface area contributed by atoms with Crippen molar-refractivity contribution >= 4 is 27.3 Å². The van der Waals surface area contributed by atoms with Crippen LogP contribution >= 0.6 is 15.9 Å². The minimum atomic E-state index is -0.655. The molecule has 0 heterocycles. The second kappa shape index (κ2) is 5.68. The maximum absolute atomic E-state index is 14.0. The molecule has 0 radical (unpaired) electrons. The average molecular weight is 334 g/mol. The van der Waals surface area contributed by atoms with Gasteiger partial charge in [-0.25, -0.2) is 8.78 Å². The normalized spacial score (nSPS) is 9.65. The number of halogens is 3. The maximum atomic E-state index is 14.0. The van der Waals surface area contributed by atoms with E-state index in [1.54, 1.807) is 0 Å². The van der Waals surface area contributed by atoms with E-state index < -0.39 is 11.6 Å². The molecule has 0 aliphatic carbocycles. The van der Waals surface area contributed by atoms with Crippen molar-refractivity contribution in [3.8, 4) is 12.1 Å². The molecule has 0 aromatic heterocycles. The van der Waals surface area contributed by atoms with Gasteiger partial charge in [0.2, 0.25) is 0 Å². The molecule has 0 aliphatic rings. The van der Waals surface area contributed by atoms with Gasteiger partial charge in [0.1, 0.15) is 18.0 Å². The fourth-order valence-corrected chi connectivity index (χ4v) is 2.03. The van der Waals surface area contributed by atoms with Gasteiger partial charge < -0.3 is 5.32 Å². The van der Waals surface area contributed by atoms with Crippen molar-refractivity contribution in [2.24, 2.45) is 0 Å². The molecular formula is C14H6BrF2N3. The number of rotatable bonds is 2. The molecule has 2 aromatic carbocycles. The Labute approximate surface area is 122 Å². The Kier molecular flexibility index (Phi) is 3.97. The van der Waals surface area contributed by atoms with E-state index in [4.69, 9.17) is 10.5 Å². The van der Waals surface area contributed by atoms with E-state index in [-0.39, 0.29) is 27.0 Å². The highest BCUT2D eigenvalue weighted by Gasteiger charge is 2.12. The highest BCUT2D eigenvalue weighted by atomic mass is 79.9. The van der Waals surface area contributed by atoms with Gasteiger partial charge in [-0.2, -0.15) is 10.5 Å². The molecular weight excluding hydrogens is 328 g/mol. The lowest BCUT2D eigenvalue weighted by Crippen LogP contribution is -1.98. The van der Waals surface area contributed by atoms with E-state index in [9.17, 15) is 8.78 Å². The molecule has 0 saturated heterocycles. The lowest BCUT2D eigenvalue weighted by Gasteiger charge is -2.10. The van der Waals surface area contributed by atoms with E-state index in [2.05, 4.69) is 21.2 Å². The Bertz CT molecular complexity index is 760. The molecule has 0 spiro atoms. The van der Waals surface area contributed by atoms with Crippen molar-refractivity contribution in [1.82, 2.24) is 0 Å². The lowest BCUT2D eigenvalue weighted by molar-refractivity contribution is 0.624. The fourth-order valence-electron chi connectivity index (χ4n) is 1.60. The van der Waals surface area contributed by atoms with Crippen LogP contribution in [0.5, 0.6) is 0 Å². The summed E-state index contributed by atoms with van der Waals surface area (Å²) < 4.78 is 27.1. The topological polar surface area (TPSA) is 59.6 Å². The van der Waals surface area contributed by atoms with Crippen LogP contribution in [0.25, 0.3) is 0 Å². The first-order valence-corrected chi connectivity index (χ1v) is 6.21. The minimum absolute atomic E-state index is 0.0330. The van der Waals surface area contributed by atoms with Gasteiger partial charge in [0.15, 0.2) is 5.82 Å². The minimum Gasteiger partial charge on any atom is -0.352 e. The molecule has 20 heavy (non-hydrogen) atoms. The van der Waals surface area contributed by atoms with Crippen molar-refractivity contribution in [2.75, 3.05) is 5.32 Å². The van der Waals surface area contributed by atoms with Gasteiger partial charge in [0, 0.05) is 0 Å². The zero-order valence-electron chi connectivity index (χ0n) is 9.92. The van der Waals surface area contributed by atoms with E-state index in [1.165, 1.54) is 24.3 Å². The lowest BCUT2D eigenvalue weighted by atomic mass is 10.1. The average Bonchev–Trinajstić information content (AvgIpc) is 2.45. The van der Waals surface area contributed by atoms with Gasteiger partial charge in [0.05, 0.1) is 27.0 Å². The second-order valence-electron chi connectivity index (χ2n) is 3.83. The van der Waals surface area contributed by atoms with E-state index in [0.29, 0.717) is 0 Å². The van der Waals surface area contributed by atoms with Crippen LogP contribution in [0.3, 0.4) is 0 Å². The predicted molar refractivity (Wildman–Crippen MR) is 73.2 cm³/mol. The molecule has 1 N–H and O–H groups in total. The first kappa shape index (κ1) is 14.0. The van der Waals surface area contributed by atoms with Crippen LogP contribution in [-0.4, -0.2) is 0 Å². The van der Waals surface area contributed by atoms with Gasteiger partial charge >= 0.3 is 0 Å². The molecule has 0 amide bonds. The molecule has 2 aromatic rings. The van der Waals surface area contributed by atoms with Crippen LogP contribution in [-0.2, 0) is 0 Å². The summed E-state index contributed by atoms with van der Waals surface area (Å²) in [4.78, 5) is 0. The van der Waals surface area contributed by atoms with Gasteiger partial charge in [-0.1, -0.05) is 0 Å². The SMILES string of the molecule is N#Cc1cc(F)ccc1Nc1ccc(C#N)c(Br)c1F. The number of nitrogens with zero attached hydrogens (tertiary/aromatic N) is 2. The highest BCUT2D eigenvalue weighted by Crippen LogP contribution is 2.29. The first-order valence-electron chi connectivity index (χ1n) is 5.41. The number of anilines is 2.